The minimum Gasteiger partial charge on any atom is -0.412 e. The van der Waals surface area contributed by atoms with Gasteiger partial charge in [0.2, 0.25) is 0 Å². The zero-order valence-corrected chi connectivity index (χ0v) is 3.23. The third kappa shape index (κ3) is 508. The van der Waals surface area contributed by atoms with Crippen LogP contribution in [0.4, 0.5) is 0 Å². The monoisotopic (exact) mass is 81.1 g/mol. The molecule has 0 spiro atoms. The van der Waals surface area contributed by atoms with Crippen LogP contribution in [0.3, 0.4) is 0 Å². The normalized spacial score (nSPS) is 2.40. The molecular weight excluding hydrogens is 70.0 g/mol. The van der Waals surface area contributed by atoms with E-state index in [4.69, 9.17) is 0 Å². The topological polar surface area (TPSA) is 110 Å². The highest BCUT2D eigenvalue weighted by Gasteiger charge is 0.836. The Kier molecular flexibility index (Phi) is 5100. The van der Waals surface area contributed by atoms with E-state index in [9.17, 15) is 0 Å². The summed E-state index contributed by atoms with van der Waals surface area (Å²) in [6.45, 7) is 0. The lowest BCUT2D eigenvalue weighted by Crippen LogP contribution is -2.02. The van der Waals surface area contributed by atoms with Crippen molar-refractivity contribution in [3.63, 3.8) is 0 Å². The van der Waals surface area contributed by atoms with Crippen LogP contribution in [0.25, 0.3) is 0 Å². The maximum absolute atomic E-state index is 4.50. The van der Waals surface area contributed by atoms with Crippen molar-refractivity contribution in [3.8, 4) is 0 Å². The number of hydrogen-bond acceptors (Lipinski definition) is 3. The quantitative estimate of drug-likeness (QED) is 0.223. The molecule has 0 aliphatic carbocycles. The highest BCUT2D eigenvalue weighted by Crippen LogP contribution is 0.469. The molecule has 0 saturated carbocycles. The van der Waals surface area contributed by atoms with Gasteiger partial charge in [-0.3, -0.25) is 11.7 Å². The van der Waals surface area contributed by atoms with E-state index < -0.39 is 0 Å². The molecule has 0 aliphatic rings. The van der Waals surface area contributed by atoms with Crippen molar-refractivity contribution < 1.29 is 5.48 Å². The molecule has 0 radical (unpaired) electrons. The molecule has 0 unspecified atom stereocenters. The van der Waals surface area contributed by atoms with Crippen molar-refractivity contribution in [2.24, 2.45) is 17.4 Å². The van der Waals surface area contributed by atoms with Crippen molar-refractivity contribution in [2.75, 3.05) is 7.05 Å². The van der Waals surface area contributed by atoms with Crippen LogP contribution in [0.1, 0.15) is 0 Å². The smallest absolute Gasteiger partial charge is 0.0195 e. The van der Waals surface area contributed by atoms with Crippen LogP contribution in [-0.4, -0.2) is 12.5 Å². The van der Waals surface area contributed by atoms with E-state index >= 15 is 0 Å². The first-order valence-electron chi connectivity index (χ1n) is 0.911. The maximum Gasteiger partial charge on any atom is -0.0195 e. The summed E-state index contributed by atoms with van der Waals surface area (Å²) < 4.78 is 0. The van der Waals surface area contributed by atoms with Gasteiger partial charge in [0, 0.05) is 0 Å². The summed E-state index contributed by atoms with van der Waals surface area (Å²) in [6.07, 6.45) is 0. The van der Waals surface area contributed by atoms with Crippen LogP contribution in [0.2, 0.25) is 0 Å². The van der Waals surface area contributed by atoms with Gasteiger partial charge in [-0.1, -0.05) is 0 Å². The molecule has 0 atom stereocenters. The lowest BCUT2D eigenvalue weighted by atomic mass is 11.6. The van der Waals surface area contributed by atoms with Gasteiger partial charge in [0.25, 0.3) is 0 Å². The Labute approximate surface area is 31.2 Å². The summed E-state index contributed by atoms with van der Waals surface area (Å²) in [7, 11) is 1.50. The van der Waals surface area contributed by atoms with E-state index in [0.29, 0.717) is 0 Å². The second-order valence-corrected chi connectivity index (χ2v) is 0. The van der Waals surface area contributed by atoms with Gasteiger partial charge in [-0.2, -0.15) is 0 Å². The van der Waals surface area contributed by atoms with Crippen molar-refractivity contribution in [1.29, 1.82) is 0 Å². The van der Waals surface area contributed by atoms with Crippen LogP contribution in [0.15, 0.2) is 0 Å². The van der Waals surface area contributed by atoms with E-state index in [1.165, 1.54) is 7.05 Å². The summed E-state index contributed by atoms with van der Waals surface area (Å²) in [4.78, 5) is 0. The Bertz CT molecular complexity index is 6.85. The predicted molar refractivity (Wildman–Crippen MR) is 22.1 cm³/mol. The summed E-state index contributed by atoms with van der Waals surface area (Å²) in [5.41, 5.74) is 4.50. The molecule has 5 heavy (non-hydrogen) atoms. The molecule has 0 aromatic rings. The summed E-state index contributed by atoms with van der Waals surface area (Å²) in [5, 5.41) is 0. The summed E-state index contributed by atoms with van der Waals surface area (Å²) in [6, 6.07) is 0. The van der Waals surface area contributed by atoms with Crippen LogP contribution >= 0.6 is 0 Å². The predicted octanol–water partition coefficient (Wildman–Crippen LogP) is -2.43. The fraction of sp³-hybridized carbons (Fsp3) is 1.00. The fourth-order valence-corrected chi connectivity index (χ4v) is 0. The van der Waals surface area contributed by atoms with Gasteiger partial charge in [0.1, 0.15) is 0 Å². The van der Waals surface area contributed by atoms with Gasteiger partial charge in [0.05, 0.1) is 0 Å². The second kappa shape index (κ2) is 1210. The highest BCUT2D eigenvalue weighted by molar-refractivity contribution is 3.54. The Morgan fingerprint density at radius 3 is 1.00 bits per heavy atom. The SMILES string of the molecule is CN.NN.O. The van der Waals surface area contributed by atoms with Gasteiger partial charge < -0.3 is 11.2 Å². The fourth-order valence-electron chi connectivity index (χ4n) is 0. The largest absolute Gasteiger partial charge is 0.412 e. The molecule has 0 rings (SSSR count). The molecule has 36 valence electrons. The summed E-state index contributed by atoms with van der Waals surface area (Å²) in [5.74, 6) is 8.00. The maximum atomic E-state index is 4.50. The van der Waals surface area contributed by atoms with Gasteiger partial charge >= 0.3 is 0 Å². The number of hydrogen-bond donors (Lipinski definition) is 3. The first-order valence-corrected chi connectivity index (χ1v) is 0.911. The van der Waals surface area contributed by atoms with Crippen LogP contribution in [-0.2, 0) is 0 Å². The Balaban J connectivity index is -0.0000000133. The molecule has 0 aromatic carbocycles. The minimum absolute atomic E-state index is 0. The molecular formula is CH11N3O. The van der Waals surface area contributed by atoms with Crippen molar-refractivity contribution in [3.05, 3.63) is 0 Å². The lowest BCUT2D eigenvalue weighted by Gasteiger charge is -1.27. The van der Waals surface area contributed by atoms with Gasteiger partial charge in [-0.15, -0.1) is 0 Å². The zero-order chi connectivity index (χ0) is 4.00. The molecule has 0 amide bonds. The third-order valence-electron chi connectivity index (χ3n) is 0. The van der Waals surface area contributed by atoms with E-state index in [1.807, 2.05) is 0 Å². The van der Waals surface area contributed by atoms with Crippen molar-refractivity contribution in [2.45, 2.75) is 0 Å². The second-order valence-electron chi connectivity index (χ2n) is 0. The van der Waals surface area contributed by atoms with Crippen LogP contribution < -0.4 is 17.4 Å². The number of hydrazine groups is 1. The van der Waals surface area contributed by atoms with E-state index in [0.717, 1.165) is 0 Å². The number of nitrogens with two attached hydrogens (primary N) is 3. The third-order valence-corrected chi connectivity index (χ3v) is 0. The van der Waals surface area contributed by atoms with Gasteiger partial charge in [0.15, 0.2) is 0 Å². The van der Waals surface area contributed by atoms with Gasteiger partial charge in [-0.05, 0) is 7.05 Å². The van der Waals surface area contributed by atoms with E-state index in [-0.39, 0.29) is 5.48 Å². The molecule has 0 bridgehead atoms. The highest BCUT2D eigenvalue weighted by atomic mass is 16.0. The van der Waals surface area contributed by atoms with Crippen LogP contribution in [0, 0.1) is 0 Å². The average molecular weight is 81.1 g/mol. The standard InChI is InChI=1S/CH5N.H4N2.H2O/c2*1-2;/h2H2,1H3;1-2H2;1H2. The molecule has 4 nitrogen and oxygen atoms in total. The van der Waals surface area contributed by atoms with Crippen molar-refractivity contribution >= 4 is 0 Å². The van der Waals surface area contributed by atoms with Crippen molar-refractivity contribution in [1.82, 2.24) is 0 Å². The molecule has 0 aliphatic heterocycles. The molecule has 0 heterocycles. The number of rotatable bonds is 0. The first-order chi connectivity index (χ1) is 2.00. The molecule has 0 aromatic heterocycles. The molecule has 0 fully saturated rings. The van der Waals surface area contributed by atoms with E-state index in [1.54, 1.807) is 0 Å². The minimum atomic E-state index is 0. The van der Waals surface area contributed by atoms with Crippen LogP contribution in [0.5, 0.6) is 0 Å². The molecule has 0 saturated heterocycles. The Hall–Kier alpha value is -0.160. The molecule has 8 N–H and O–H groups in total. The Morgan fingerprint density at radius 1 is 1.00 bits per heavy atom. The molecule has 4 heteroatoms. The zero-order valence-electron chi connectivity index (χ0n) is 3.23. The van der Waals surface area contributed by atoms with E-state index in [2.05, 4.69) is 17.4 Å². The summed E-state index contributed by atoms with van der Waals surface area (Å²) >= 11 is 0. The lowest BCUT2D eigenvalue weighted by molar-refractivity contribution is 0.824. The average Bonchev–Trinajstić information content (AvgIpc) is 1.50. The first kappa shape index (κ1) is 21.1. The van der Waals surface area contributed by atoms with Gasteiger partial charge in [-0.25, -0.2) is 0 Å². The Morgan fingerprint density at radius 2 is 1.00 bits per heavy atom.